The summed E-state index contributed by atoms with van der Waals surface area (Å²) in [6.07, 6.45) is 1.71. The normalized spacial score (nSPS) is 10.5. The quantitative estimate of drug-likeness (QED) is 0.654. The first-order chi connectivity index (χ1) is 12.6. The minimum absolute atomic E-state index is 0.153. The zero-order valence-electron chi connectivity index (χ0n) is 14.2. The fourth-order valence-electron chi connectivity index (χ4n) is 2.25. The lowest BCUT2D eigenvalue weighted by Gasteiger charge is -2.05. The summed E-state index contributed by atoms with van der Waals surface area (Å²) < 4.78 is 1.31. The molecule has 0 fully saturated rings. The highest BCUT2D eigenvalue weighted by molar-refractivity contribution is 7.13. The van der Waals surface area contributed by atoms with E-state index >= 15 is 0 Å². The third-order valence-electron chi connectivity index (χ3n) is 3.45. The molecule has 0 atom stereocenters. The van der Waals surface area contributed by atoms with E-state index in [1.165, 1.54) is 28.3 Å². The van der Waals surface area contributed by atoms with E-state index in [1.807, 2.05) is 30.5 Å². The molecule has 0 aliphatic carbocycles. The second-order valence-electron chi connectivity index (χ2n) is 5.54. The largest absolute Gasteiger partial charge is 0.354 e. The predicted molar refractivity (Wildman–Crippen MR) is 99.6 cm³/mol. The van der Waals surface area contributed by atoms with Gasteiger partial charge in [-0.1, -0.05) is 6.07 Å². The van der Waals surface area contributed by atoms with Crippen LogP contribution in [0, 0.1) is 6.92 Å². The van der Waals surface area contributed by atoms with Crippen LogP contribution in [0.4, 0.5) is 10.9 Å². The van der Waals surface area contributed by atoms with E-state index in [1.54, 1.807) is 6.07 Å². The molecule has 9 heteroatoms. The number of aromatic nitrogens is 4. The number of thiazole rings is 1. The Labute approximate surface area is 153 Å². The number of amides is 1. The van der Waals surface area contributed by atoms with Crippen LogP contribution in [0.15, 0.2) is 46.7 Å². The Morgan fingerprint density at radius 3 is 2.92 bits per heavy atom. The van der Waals surface area contributed by atoms with Gasteiger partial charge in [-0.15, -0.1) is 11.3 Å². The van der Waals surface area contributed by atoms with Crippen LogP contribution in [0.2, 0.25) is 0 Å². The first-order valence-corrected chi connectivity index (χ1v) is 8.92. The molecule has 3 aromatic rings. The van der Waals surface area contributed by atoms with Gasteiger partial charge in [0.15, 0.2) is 5.13 Å². The molecular formula is C17H18N6O2S. The van der Waals surface area contributed by atoms with Crippen molar-refractivity contribution in [3.63, 3.8) is 0 Å². The molecule has 0 aromatic carbocycles. The fraction of sp³-hybridized carbons (Fsp3) is 0.235. The van der Waals surface area contributed by atoms with E-state index in [0.29, 0.717) is 23.9 Å². The van der Waals surface area contributed by atoms with Crippen molar-refractivity contribution in [2.24, 2.45) is 0 Å². The van der Waals surface area contributed by atoms with E-state index in [4.69, 9.17) is 0 Å². The number of hydrogen-bond donors (Lipinski definition) is 2. The molecule has 0 aliphatic rings. The second-order valence-corrected chi connectivity index (χ2v) is 6.40. The van der Waals surface area contributed by atoms with Gasteiger partial charge in [0.1, 0.15) is 5.82 Å². The topological polar surface area (TPSA) is 102 Å². The third-order valence-corrected chi connectivity index (χ3v) is 4.25. The molecule has 0 bridgehead atoms. The Balaban J connectivity index is 1.48. The Morgan fingerprint density at radius 1 is 1.23 bits per heavy atom. The zero-order chi connectivity index (χ0) is 18.4. The van der Waals surface area contributed by atoms with Crippen LogP contribution in [0.5, 0.6) is 0 Å². The standard InChI is InChI=1S/C17H18N6O2S/c1-12-4-2-5-14(20-12)22-17-21-13(11-26-17)10-15(24)18-8-9-23-16(25)6-3-7-19-23/h2-7,11H,8-10H2,1H3,(H,18,24)(H,20,21,22). The number of aryl methyl sites for hydroxylation is 1. The highest BCUT2D eigenvalue weighted by Crippen LogP contribution is 2.20. The summed E-state index contributed by atoms with van der Waals surface area (Å²) in [6.45, 7) is 2.58. The maximum absolute atomic E-state index is 12.0. The van der Waals surface area contributed by atoms with Crippen LogP contribution >= 0.6 is 11.3 Å². The van der Waals surface area contributed by atoms with Gasteiger partial charge in [-0.25, -0.2) is 14.6 Å². The highest BCUT2D eigenvalue weighted by Gasteiger charge is 2.08. The number of pyridine rings is 1. The van der Waals surface area contributed by atoms with Crippen molar-refractivity contribution in [2.75, 3.05) is 11.9 Å². The average Bonchev–Trinajstić information content (AvgIpc) is 3.03. The minimum Gasteiger partial charge on any atom is -0.354 e. The Kier molecular flexibility index (Phi) is 5.69. The lowest BCUT2D eigenvalue weighted by Crippen LogP contribution is -2.32. The Morgan fingerprint density at radius 2 is 2.12 bits per heavy atom. The number of nitrogens with zero attached hydrogens (tertiary/aromatic N) is 4. The number of rotatable bonds is 7. The number of carbonyl (C=O) groups excluding carboxylic acids is 1. The van der Waals surface area contributed by atoms with Gasteiger partial charge in [-0.05, 0) is 25.1 Å². The fourth-order valence-corrected chi connectivity index (χ4v) is 2.97. The van der Waals surface area contributed by atoms with Gasteiger partial charge in [0, 0.05) is 29.9 Å². The monoisotopic (exact) mass is 370 g/mol. The first kappa shape index (κ1) is 17.7. The van der Waals surface area contributed by atoms with Gasteiger partial charge < -0.3 is 10.6 Å². The molecular weight excluding hydrogens is 352 g/mol. The van der Waals surface area contributed by atoms with Gasteiger partial charge in [0.05, 0.1) is 18.7 Å². The van der Waals surface area contributed by atoms with Crippen molar-refractivity contribution >= 4 is 28.2 Å². The van der Waals surface area contributed by atoms with Crippen LogP contribution in [0.3, 0.4) is 0 Å². The van der Waals surface area contributed by atoms with Crippen LogP contribution < -0.4 is 16.2 Å². The molecule has 0 saturated heterocycles. The summed E-state index contributed by atoms with van der Waals surface area (Å²) in [5, 5.41) is 12.4. The smallest absolute Gasteiger partial charge is 0.266 e. The van der Waals surface area contributed by atoms with E-state index < -0.39 is 0 Å². The molecule has 2 N–H and O–H groups in total. The highest BCUT2D eigenvalue weighted by atomic mass is 32.1. The molecule has 3 aromatic heterocycles. The number of hydrogen-bond acceptors (Lipinski definition) is 7. The minimum atomic E-state index is -0.193. The maximum Gasteiger partial charge on any atom is 0.266 e. The molecule has 1 amide bonds. The van der Waals surface area contributed by atoms with Crippen LogP contribution in [0.25, 0.3) is 0 Å². The van der Waals surface area contributed by atoms with Crippen LogP contribution in [-0.2, 0) is 17.8 Å². The summed E-state index contributed by atoms with van der Waals surface area (Å²) in [5.74, 6) is 0.565. The zero-order valence-corrected chi connectivity index (χ0v) is 15.0. The van der Waals surface area contributed by atoms with E-state index in [9.17, 15) is 9.59 Å². The van der Waals surface area contributed by atoms with Gasteiger partial charge >= 0.3 is 0 Å². The molecule has 0 radical (unpaired) electrons. The SMILES string of the molecule is Cc1cccc(Nc2nc(CC(=O)NCCn3ncccc3=O)cs2)n1. The van der Waals surface area contributed by atoms with E-state index in [2.05, 4.69) is 25.7 Å². The lowest BCUT2D eigenvalue weighted by atomic mass is 10.3. The van der Waals surface area contributed by atoms with Gasteiger partial charge in [0.2, 0.25) is 5.91 Å². The predicted octanol–water partition coefficient (Wildman–Crippen LogP) is 1.51. The van der Waals surface area contributed by atoms with Gasteiger partial charge in [0.25, 0.3) is 5.56 Å². The third kappa shape index (κ3) is 4.96. The number of nitrogens with one attached hydrogen (secondary N) is 2. The molecule has 0 saturated carbocycles. The maximum atomic E-state index is 12.0. The molecule has 0 spiro atoms. The first-order valence-electron chi connectivity index (χ1n) is 8.04. The average molecular weight is 370 g/mol. The summed E-state index contributed by atoms with van der Waals surface area (Å²) in [4.78, 5) is 32.3. The summed E-state index contributed by atoms with van der Waals surface area (Å²) in [5.41, 5.74) is 1.40. The number of carbonyl (C=O) groups is 1. The van der Waals surface area contributed by atoms with Crippen molar-refractivity contribution < 1.29 is 4.79 Å². The summed E-state index contributed by atoms with van der Waals surface area (Å²) in [6, 6.07) is 8.71. The molecule has 3 rings (SSSR count). The molecule has 134 valence electrons. The van der Waals surface area contributed by atoms with Crippen LogP contribution in [0.1, 0.15) is 11.4 Å². The van der Waals surface area contributed by atoms with Crippen LogP contribution in [-0.4, -0.2) is 32.2 Å². The van der Waals surface area contributed by atoms with Crippen molar-refractivity contribution in [3.05, 3.63) is 63.7 Å². The molecule has 0 unspecified atom stereocenters. The molecule has 0 aliphatic heterocycles. The molecule has 8 nitrogen and oxygen atoms in total. The van der Waals surface area contributed by atoms with E-state index in [-0.39, 0.29) is 17.9 Å². The summed E-state index contributed by atoms with van der Waals surface area (Å²) >= 11 is 1.42. The Hall–Kier alpha value is -3.07. The molecule has 26 heavy (non-hydrogen) atoms. The second kappa shape index (κ2) is 8.34. The van der Waals surface area contributed by atoms with Crippen molar-refractivity contribution in [3.8, 4) is 0 Å². The number of anilines is 2. The van der Waals surface area contributed by atoms with Gasteiger partial charge in [-0.3, -0.25) is 9.59 Å². The van der Waals surface area contributed by atoms with Crippen molar-refractivity contribution in [1.29, 1.82) is 0 Å². The Bertz CT molecular complexity index is 952. The van der Waals surface area contributed by atoms with E-state index in [0.717, 1.165) is 11.5 Å². The van der Waals surface area contributed by atoms with Crippen molar-refractivity contribution in [2.45, 2.75) is 19.9 Å². The molecule has 3 heterocycles. The van der Waals surface area contributed by atoms with Gasteiger partial charge in [-0.2, -0.15) is 5.10 Å². The summed E-state index contributed by atoms with van der Waals surface area (Å²) in [7, 11) is 0. The van der Waals surface area contributed by atoms with Crippen molar-refractivity contribution in [1.82, 2.24) is 25.1 Å². The lowest BCUT2D eigenvalue weighted by molar-refractivity contribution is -0.120.